The van der Waals surface area contributed by atoms with Crippen molar-refractivity contribution in [1.29, 1.82) is 0 Å². The van der Waals surface area contributed by atoms with E-state index in [4.69, 9.17) is 0 Å². The average molecular weight is 194 g/mol. The molecule has 0 aromatic heterocycles. The van der Waals surface area contributed by atoms with E-state index in [1.165, 1.54) is 0 Å². The van der Waals surface area contributed by atoms with Gasteiger partial charge >= 0.3 is 0 Å². The Morgan fingerprint density at radius 1 is 1.29 bits per heavy atom. The van der Waals surface area contributed by atoms with Crippen LogP contribution in [-0.2, 0) is 16.0 Å². The van der Waals surface area contributed by atoms with E-state index in [2.05, 4.69) is 4.74 Å². The summed E-state index contributed by atoms with van der Waals surface area (Å²) >= 11 is 0. The van der Waals surface area contributed by atoms with E-state index in [0.29, 0.717) is 18.8 Å². The molecule has 1 aromatic rings. The van der Waals surface area contributed by atoms with Crippen LogP contribution >= 0.6 is 0 Å². The van der Waals surface area contributed by atoms with Gasteiger partial charge in [-0.15, -0.1) is 0 Å². The molecule has 0 fully saturated rings. The second-order valence-electron chi connectivity index (χ2n) is 3.05. The number of hydrogen-bond donors (Lipinski definition) is 1. The molecule has 0 radical (unpaired) electrons. The maximum Gasteiger partial charge on any atom is 0.293 e. The van der Waals surface area contributed by atoms with Crippen LogP contribution in [0.3, 0.4) is 0 Å². The second kappa shape index (κ2) is 6.02. The third-order valence-corrected chi connectivity index (χ3v) is 2.02. The molecule has 3 heteroatoms. The Labute approximate surface area is 83.3 Å². The minimum atomic E-state index is 0.337. The topological polar surface area (TPSA) is 46.5 Å². The summed E-state index contributed by atoms with van der Waals surface area (Å²) < 4.78 is 4.56. The molecular weight excluding hydrogens is 180 g/mol. The fourth-order valence-corrected chi connectivity index (χ4v) is 1.27. The first-order chi connectivity index (χ1) is 6.84. The third-order valence-electron chi connectivity index (χ3n) is 2.02. The molecule has 0 atom stereocenters. The van der Waals surface area contributed by atoms with Crippen LogP contribution in [0.4, 0.5) is 0 Å². The fraction of sp³-hybridized carbons (Fsp3) is 0.364. The maximum atomic E-state index is 9.83. The van der Waals surface area contributed by atoms with E-state index in [1.54, 1.807) is 12.1 Å². The zero-order chi connectivity index (χ0) is 10.2. The van der Waals surface area contributed by atoms with E-state index in [1.807, 2.05) is 12.1 Å². The predicted molar refractivity (Wildman–Crippen MR) is 53.1 cm³/mol. The van der Waals surface area contributed by atoms with Crippen LogP contribution in [0.1, 0.15) is 18.4 Å². The summed E-state index contributed by atoms with van der Waals surface area (Å²) in [5.74, 6) is 0.337. The summed E-state index contributed by atoms with van der Waals surface area (Å²) in [6.07, 6.45) is 2.55. The molecule has 0 aliphatic heterocycles. The Bertz CT molecular complexity index is 284. The summed E-state index contributed by atoms with van der Waals surface area (Å²) in [5.41, 5.74) is 0.943. The molecule has 0 amide bonds. The van der Waals surface area contributed by atoms with Gasteiger partial charge in [0.1, 0.15) is 5.75 Å². The molecule has 0 bridgehead atoms. The number of carbonyl (C=O) groups is 1. The molecule has 76 valence electrons. The Balaban J connectivity index is 2.24. The van der Waals surface area contributed by atoms with Gasteiger partial charge in [0.25, 0.3) is 6.47 Å². The molecular formula is C11H14O3. The number of aromatic hydroxyl groups is 1. The standard InChI is InChI=1S/C11H14O3/c12-9-14-8-4-3-6-10-5-1-2-7-11(10)13/h1-2,5,7,9,13H,3-4,6,8H2. The van der Waals surface area contributed by atoms with E-state index < -0.39 is 0 Å². The van der Waals surface area contributed by atoms with Gasteiger partial charge in [-0.1, -0.05) is 18.2 Å². The highest BCUT2D eigenvalue weighted by Gasteiger charge is 1.98. The molecule has 0 aliphatic carbocycles. The number of rotatable bonds is 6. The van der Waals surface area contributed by atoms with Gasteiger partial charge in [0, 0.05) is 0 Å². The molecule has 0 aliphatic rings. The van der Waals surface area contributed by atoms with Gasteiger partial charge in [-0.25, -0.2) is 0 Å². The Kier molecular flexibility index (Phi) is 4.55. The van der Waals surface area contributed by atoms with Gasteiger partial charge in [0.15, 0.2) is 0 Å². The largest absolute Gasteiger partial charge is 0.508 e. The van der Waals surface area contributed by atoms with E-state index in [9.17, 15) is 9.90 Å². The van der Waals surface area contributed by atoms with Crippen LogP contribution in [0, 0.1) is 0 Å². The number of unbranched alkanes of at least 4 members (excludes halogenated alkanes) is 1. The SMILES string of the molecule is O=COCCCCc1ccccc1O. The van der Waals surface area contributed by atoms with Crippen LogP contribution in [0.15, 0.2) is 24.3 Å². The van der Waals surface area contributed by atoms with Crippen molar-refractivity contribution in [2.75, 3.05) is 6.61 Å². The van der Waals surface area contributed by atoms with Crippen molar-refractivity contribution in [3.8, 4) is 5.75 Å². The number of para-hydroxylation sites is 1. The number of aryl methyl sites for hydroxylation is 1. The first kappa shape index (κ1) is 10.6. The van der Waals surface area contributed by atoms with Gasteiger partial charge < -0.3 is 9.84 Å². The van der Waals surface area contributed by atoms with Crippen molar-refractivity contribution in [1.82, 2.24) is 0 Å². The summed E-state index contributed by atoms with van der Waals surface area (Å²) in [7, 11) is 0. The van der Waals surface area contributed by atoms with Gasteiger partial charge in [0.2, 0.25) is 0 Å². The molecule has 1 aromatic carbocycles. The Hall–Kier alpha value is -1.51. The fourth-order valence-electron chi connectivity index (χ4n) is 1.27. The Morgan fingerprint density at radius 2 is 2.07 bits per heavy atom. The zero-order valence-corrected chi connectivity index (χ0v) is 7.98. The molecule has 0 saturated carbocycles. The van der Waals surface area contributed by atoms with E-state index in [0.717, 1.165) is 24.8 Å². The predicted octanol–water partition coefficient (Wildman–Crippen LogP) is 1.89. The van der Waals surface area contributed by atoms with Crippen LogP contribution < -0.4 is 0 Å². The lowest BCUT2D eigenvalue weighted by Gasteiger charge is -2.03. The highest BCUT2D eigenvalue weighted by atomic mass is 16.5. The lowest BCUT2D eigenvalue weighted by Crippen LogP contribution is -1.93. The second-order valence-corrected chi connectivity index (χ2v) is 3.05. The number of ether oxygens (including phenoxy) is 1. The molecule has 0 saturated heterocycles. The monoisotopic (exact) mass is 194 g/mol. The van der Waals surface area contributed by atoms with Crippen molar-refractivity contribution in [2.24, 2.45) is 0 Å². The lowest BCUT2D eigenvalue weighted by atomic mass is 10.1. The molecule has 1 rings (SSSR count). The summed E-state index contributed by atoms with van der Waals surface area (Å²) in [5, 5.41) is 9.43. The number of phenols is 1. The lowest BCUT2D eigenvalue weighted by molar-refractivity contribution is -0.128. The van der Waals surface area contributed by atoms with Crippen LogP contribution in [0.2, 0.25) is 0 Å². The van der Waals surface area contributed by atoms with Crippen molar-refractivity contribution in [3.63, 3.8) is 0 Å². The summed E-state index contributed by atoms with van der Waals surface area (Å²) in [6, 6.07) is 7.28. The normalized spacial score (nSPS) is 9.71. The van der Waals surface area contributed by atoms with Crippen molar-refractivity contribution < 1.29 is 14.6 Å². The quantitative estimate of drug-likeness (QED) is 0.555. The first-order valence-corrected chi connectivity index (χ1v) is 4.66. The van der Waals surface area contributed by atoms with Crippen molar-refractivity contribution in [3.05, 3.63) is 29.8 Å². The third kappa shape index (κ3) is 3.47. The number of phenolic OH excluding ortho intramolecular Hbond substituents is 1. The summed E-state index contributed by atoms with van der Waals surface area (Å²) in [4.78, 5) is 9.83. The molecule has 14 heavy (non-hydrogen) atoms. The van der Waals surface area contributed by atoms with Gasteiger partial charge in [-0.05, 0) is 30.9 Å². The highest BCUT2D eigenvalue weighted by Crippen LogP contribution is 2.17. The number of hydrogen-bond acceptors (Lipinski definition) is 3. The maximum absolute atomic E-state index is 9.83. The van der Waals surface area contributed by atoms with E-state index in [-0.39, 0.29) is 0 Å². The van der Waals surface area contributed by atoms with Crippen LogP contribution in [0.5, 0.6) is 5.75 Å². The molecule has 1 N–H and O–H groups in total. The average Bonchev–Trinajstić information content (AvgIpc) is 2.20. The Morgan fingerprint density at radius 3 is 2.79 bits per heavy atom. The van der Waals surface area contributed by atoms with Crippen molar-refractivity contribution >= 4 is 6.47 Å². The molecule has 0 spiro atoms. The molecule has 3 nitrogen and oxygen atoms in total. The van der Waals surface area contributed by atoms with Gasteiger partial charge in [-0.3, -0.25) is 4.79 Å². The van der Waals surface area contributed by atoms with Crippen molar-refractivity contribution in [2.45, 2.75) is 19.3 Å². The molecule has 0 unspecified atom stereocenters. The summed E-state index contributed by atoms with van der Waals surface area (Å²) in [6.45, 7) is 0.914. The van der Waals surface area contributed by atoms with Crippen LogP contribution in [-0.4, -0.2) is 18.2 Å². The number of carbonyl (C=O) groups excluding carboxylic acids is 1. The minimum absolute atomic E-state index is 0.337. The molecule has 0 heterocycles. The van der Waals surface area contributed by atoms with E-state index >= 15 is 0 Å². The van der Waals surface area contributed by atoms with Crippen LogP contribution in [0.25, 0.3) is 0 Å². The highest BCUT2D eigenvalue weighted by molar-refractivity contribution is 5.36. The number of benzene rings is 1. The first-order valence-electron chi connectivity index (χ1n) is 4.66. The van der Waals surface area contributed by atoms with Gasteiger partial charge in [-0.2, -0.15) is 0 Å². The van der Waals surface area contributed by atoms with Gasteiger partial charge in [0.05, 0.1) is 6.61 Å². The minimum Gasteiger partial charge on any atom is -0.508 e. The smallest absolute Gasteiger partial charge is 0.293 e. The zero-order valence-electron chi connectivity index (χ0n) is 7.98.